The zero-order chi connectivity index (χ0) is 44.1. The van der Waals surface area contributed by atoms with E-state index < -0.39 is 23.9 Å². The van der Waals surface area contributed by atoms with E-state index in [1.807, 2.05) is 22.9 Å². The Morgan fingerprint density at radius 1 is 0.349 bits per heavy atom. The fourth-order valence-electron chi connectivity index (χ4n) is 5.18. The van der Waals surface area contributed by atoms with Gasteiger partial charge in [0.05, 0.1) is 22.1 Å². The van der Waals surface area contributed by atoms with E-state index in [0.717, 1.165) is 0 Å². The van der Waals surface area contributed by atoms with Gasteiger partial charge in [0.2, 0.25) is 0 Å². The molecule has 9 aromatic rings. The van der Waals surface area contributed by atoms with Gasteiger partial charge in [-0.25, -0.2) is 39.1 Å². The van der Waals surface area contributed by atoms with Crippen LogP contribution in [-0.2, 0) is 34.1 Å². The van der Waals surface area contributed by atoms with Gasteiger partial charge in [-0.05, 0) is 56.6 Å². The molecule has 0 aliphatic carbocycles. The summed E-state index contributed by atoms with van der Waals surface area (Å²) < 4.78 is 0. The minimum atomic E-state index is -1.13. The van der Waals surface area contributed by atoms with Crippen molar-refractivity contribution >= 4 is 78.8 Å². The number of aromatic nitrogens is 4. The predicted molar refractivity (Wildman–Crippen MR) is 217 cm³/mol. The molecule has 5 aromatic heterocycles. The normalized spacial score (nSPS) is 9.78. The SMILES string of the molecule is O=C(O)c1ccc2cccc([O-])c2n1.O=C(O)c1ccc2cccc([O-])c2n1.O=C(O)c1ccc2cccc([O-])c2n1.O=C(O)c1ccc2cccc([O-])c2n1.[Cu+2].[Cu+2].c1ccsc1. The number of aromatic carboxylic acids is 4. The molecular weight excluding hydrogens is 936 g/mol. The predicted octanol–water partition coefficient (Wildman–Crippen LogP) is 5.77. The van der Waals surface area contributed by atoms with Gasteiger partial charge < -0.3 is 40.9 Å². The second-order valence-corrected chi connectivity index (χ2v) is 12.9. The number of fused-ring (bicyclic) bond motifs is 4. The van der Waals surface area contributed by atoms with Gasteiger partial charge >= 0.3 is 58.0 Å². The van der Waals surface area contributed by atoms with Crippen LogP contribution in [0, 0.1) is 0 Å². The van der Waals surface area contributed by atoms with Crippen molar-refractivity contribution < 1.29 is 94.2 Å². The first-order valence-electron chi connectivity index (χ1n) is 17.4. The zero-order valence-corrected chi connectivity index (χ0v) is 34.4. The molecule has 19 heteroatoms. The van der Waals surface area contributed by atoms with Gasteiger partial charge in [-0.15, -0.1) is 0 Å². The average Bonchev–Trinajstić information content (AvgIpc) is 3.85. The fourth-order valence-corrected chi connectivity index (χ4v) is 5.64. The van der Waals surface area contributed by atoms with E-state index in [4.69, 9.17) is 20.4 Å². The van der Waals surface area contributed by atoms with Crippen LogP contribution >= 0.6 is 11.3 Å². The quantitative estimate of drug-likeness (QED) is 0.152. The van der Waals surface area contributed by atoms with Crippen molar-refractivity contribution in [3.8, 4) is 23.0 Å². The summed E-state index contributed by atoms with van der Waals surface area (Å²) in [5.41, 5.74) is 0.364. The number of hydrogen-bond donors (Lipinski definition) is 4. The van der Waals surface area contributed by atoms with E-state index in [2.05, 4.69) is 19.9 Å². The van der Waals surface area contributed by atoms with Crippen molar-refractivity contribution in [2.75, 3.05) is 0 Å². The van der Waals surface area contributed by atoms with Crippen molar-refractivity contribution in [1.29, 1.82) is 0 Å². The minimum absolute atomic E-state index is 0. The van der Waals surface area contributed by atoms with Crippen LogP contribution in [0.1, 0.15) is 42.0 Å². The molecular formula is C44H28Cu2N4O12S. The molecule has 0 aliphatic heterocycles. The molecule has 0 bridgehead atoms. The summed E-state index contributed by atoms with van der Waals surface area (Å²) in [4.78, 5) is 57.4. The Morgan fingerprint density at radius 3 is 0.746 bits per heavy atom. The van der Waals surface area contributed by atoms with E-state index in [1.54, 1.807) is 84.1 Å². The number of benzene rings is 4. The van der Waals surface area contributed by atoms with Crippen molar-refractivity contribution in [3.05, 3.63) is 167 Å². The molecule has 16 nitrogen and oxygen atoms in total. The molecule has 0 unspecified atom stereocenters. The van der Waals surface area contributed by atoms with Crippen LogP contribution in [0.5, 0.6) is 23.0 Å². The van der Waals surface area contributed by atoms with E-state index >= 15 is 0 Å². The van der Waals surface area contributed by atoms with Crippen LogP contribution in [0.25, 0.3) is 43.6 Å². The molecule has 5 heterocycles. The fraction of sp³-hybridized carbons (Fsp3) is 0. The van der Waals surface area contributed by atoms with Gasteiger partial charge in [-0.3, -0.25) is 0 Å². The summed E-state index contributed by atoms with van der Waals surface area (Å²) in [5, 5.41) is 86.6. The maximum atomic E-state index is 11.3. The minimum Gasteiger partial charge on any atom is -0.871 e. The Kier molecular flexibility index (Phi) is 18.4. The molecule has 0 amide bonds. The molecule has 324 valence electrons. The molecule has 0 saturated heterocycles. The summed E-state index contributed by atoms with van der Waals surface area (Å²) in [7, 11) is 0. The number of hydrogen-bond acceptors (Lipinski definition) is 13. The molecule has 63 heavy (non-hydrogen) atoms. The first-order chi connectivity index (χ1) is 29.2. The summed E-state index contributed by atoms with van der Waals surface area (Å²) in [5.74, 6) is -5.55. The van der Waals surface area contributed by atoms with Crippen molar-refractivity contribution in [3.63, 3.8) is 0 Å². The van der Waals surface area contributed by atoms with Crippen molar-refractivity contribution in [1.82, 2.24) is 19.9 Å². The van der Waals surface area contributed by atoms with Crippen LogP contribution in [0.2, 0.25) is 0 Å². The van der Waals surface area contributed by atoms with E-state index in [-0.39, 0.29) is 102 Å². The number of nitrogens with zero attached hydrogens (tertiary/aromatic N) is 4. The number of rotatable bonds is 4. The Morgan fingerprint density at radius 2 is 0.571 bits per heavy atom. The molecule has 0 atom stereocenters. The van der Waals surface area contributed by atoms with Gasteiger partial charge in [-0.2, -0.15) is 11.3 Å². The summed E-state index contributed by atoms with van der Waals surface area (Å²) in [6.07, 6.45) is 0. The van der Waals surface area contributed by atoms with Gasteiger partial charge in [0, 0.05) is 0 Å². The Labute approximate surface area is 381 Å². The average molecular weight is 964 g/mol. The van der Waals surface area contributed by atoms with E-state index in [9.17, 15) is 39.6 Å². The summed E-state index contributed by atoms with van der Waals surface area (Å²) in [6.45, 7) is 0. The monoisotopic (exact) mass is 962 g/mol. The number of thiophene rings is 1. The van der Waals surface area contributed by atoms with E-state index in [0.29, 0.717) is 21.5 Å². The van der Waals surface area contributed by atoms with Gasteiger partial charge in [0.15, 0.2) is 0 Å². The van der Waals surface area contributed by atoms with Crippen LogP contribution in [-0.4, -0.2) is 64.2 Å². The summed E-state index contributed by atoms with van der Waals surface area (Å²) >= 11 is 1.71. The first kappa shape index (κ1) is 49.7. The third kappa shape index (κ3) is 13.4. The largest absolute Gasteiger partial charge is 2.00 e. The number of carboxylic acids is 4. The van der Waals surface area contributed by atoms with Crippen molar-refractivity contribution in [2.24, 2.45) is 0 Å². The van der Waals surface area contributed by atoms with E-state index in [1.165, 1.54) is 48.5 Å². The maximum absolute atomic E-state index is 11.3. The Bertz CT molecular complexity index is 2630. The number of carbonyl (C=O) groups is 4. The summed E-state index contributed by atoms with van der Waals surface area (Å²) in [6, 6.07) is 34.6. The molecule has 9 rings (SSSR count). The van der Waals surface area contributed by atoms with Crippen LogP contribution < -0.4 is 20.4 Å². The smallest absolute Gasteiger partial charge is 0.871 e. The number of carboxylic acid groups (broad SMARTS) is 4. The van der Waals surface area contributed by atoms with Crippen LogP contribution in [0.4, 0.5) is 0 Å². The zero-order valence-electron chi connectivity index (χ0n) is 31.7. The maximum Gasteiger partial charge on any atom is 2.00 e. The molecule has 0 fully saturated rings. The van der Waals surface area contributed by atoms with Crippen molar-refractivity contribution in [2.45, 2.75) is 0 Å². The molecule has 0 saturated carbocycles. The van der Waals surface area contributed by atoms with Gasteiger partial charge in [0.25, 0.3) is 0 Å². The molecule has 4 aromatic carbocycles. The number of pyridine rings is 4. The van der Waals surface area contributed by atoms with Crippen LogP contribution in [0.3, 0.4) is 0 Å². The van der Waals surface area contributed by atoms with Gasteiger partial charge in [-0.1, -0.05) is 132 Å². The second-order valence-electron chi connectivity index (χ2n) is 12.1. The second kappa shape index (κ2) is 23.4. The van der Waals surface area contributed by atoms with Gasteiger partial charge in [0.1, 0.15) is 22.8 Å². The third-order valence-corrected chi connectivity index (χ3v) is 8.66. The molecule has 0 spiro atoms. The molecule has 4 N–H and O–H groups in total. The Hall–Kier alpha value is -7.66. The molecule has 0 aliphatic rings. The topological polar surface area (TPSA) is 293 Å². The number of para-hydroxylation sites is 4. The molecule has 2 radical (unpaired) electrons. The van der Waals surface area contributed by atoms with Crippen LogP contribution in [0.15, 0.2) is 144 Å². The standard InChI is InChI=1S/4C10H7NO3.C4H4S.2Cu/c4*12-8-3-1-2-6-4-5-7(10(13)14)11-9(6)8;1-2-4-5-3-1;;/h4*1-5,12H,(H,13,14);1-4H;;/q;;;;;2*+2/p-4. The third-order valence-electron chi connectivity index (χ3n) is 8.03. The first-order valence-corrected chi connectivity index (χ1v) is 18.3. The Balaban J connectivity index is 0.000000213.